The van der Waals surface area contributed by atoms with E-state index in [1.807, 2.05) is 60.7 Å². The van der Waals surface area contributed by atoms with Crippen molar-refractivity contribution in [3.05, 3.63) is 126 Å². The van der Waals surface area contributed by atoms with Gasteiger partial charge in [-0.1, -0.05) is 74.2 Å². The minimum absolute atomic E-state index is 0. The monoisotopic (exact) mass is 799 g/mol. The molecule has 0 bridgehead atoms. The van der Waals surface area contributed by atoms with E-state index in [4.69, 9.17) is 9.15 Å². The number of nitrogens with one attached hydrogen (secondary N) is 1. The summed E-state index contributed by atoms with van der Waals surface area (Å²) in [5, 5.41) is 13.3. The number of likely N-dealkylation sites (tertiary alicyclic amines) is 2. The summed E-state index contributed by atoms with van der Waals surface area (Å²) in [5.74, 6) is -3.66. The minimum Gasteiger partial charge on any atom is -0.481 e. The molecule has 0 saturated carbocycles. The number of esters is 1. The molecule has 3 amide bonds. The number of rotatable bonds is 14. The maximum absolute atomic E-state index is 13.8. The van der Waals surface area contributed by atoms with Crippen LogP contribution in [0.5, 0.6) is 0 Å². The lowest BCUT2D eigenvalue weighted by Crippen LogP contribution is -2.45. The van der Waals surface area contributed by atoms with Crippen LogP contribution in [-0.4, -0.2) is 82.6 Å². The van der Waals surface area contributed by atoms with Crippen LogP contribution in [0.15, 0.2) is 114 Å². The van der Waals surface area contributed by atoms with Gasteiger partial charge in [0.25, 0.3) is 0 Å². The van der Waals surface area contributed by atoms with Crippen LogP contribution in [0.2, 0.25) is 0 Å². The van der Waals surface area contributed by atoms with E-state index in [9.17, 15) is 33.9 Å². The van der Waals surface area contributed by atoms with Gasteiger partial charge >= 0.3 is 11.9 Å². The van der Waals surface area contributed by atoms with Crippen molar-refractivity contribution >= 4 is 52.1 Å². The van der Waals surface area contributed by atoms with Crippen LogP contribution in [0.4, 0.5) is 5.69 Å². The number of hydrogen-bond acceptors (Lipinski definition) is 8. The molecule has 0 aliphatic carbocycles. The number of Topliss-reactive ketones (excluding diaryl/α,β-unsaturated/α-hetero) is 1. The van der Waals surface area contributed by atoms with E-state index in [2.05, 4.69) is 5.32 Å². The third kappa shape index (κ3) is 9.60. The normalized spacial score (nSPS) is 17.2. The number of carbonyl (C=O) groups is 6. The van der Waals surface area contributed by atoms with Crippen molar-refractivity contribution in [1.29, 1.82) is 0 Å². The molecular weight excluding hydrogens is 751 g/mol. The van der Waals surface area contributed by atoms with Crippen LogP contribution < -0.4 is 5.32 Å². The number of fused-ring (bicyclic) bond motifs is 1. The highest BCUT2D eigenvalue weighted by molar-refractivity contribution is 5.99. The van der Waals surface area contributed by atoms with E-state index >= 15 is 0 Å². The van der Waals surface area contributed by atoms with Crippen molar-refractivity contribution in [3.63, 3.8) is 0 Å². The second-order valence-electron chi connectivity index (χ2n) is 14.9. The molecule has 0 radical (unpaired) electrons. The Bertz CT molecular complexity index is 2310. The van der Waals surface area contributed by atoms with Gasteiger partial charge < -0.3 is 29.4 Å². The number of ketones is 1. The maximum atomic E-state index is 13.8. The predicted octanol–water partition coefficient (Wildman–Crippen LogP) is 7.37. The van der Waals surface area contributed by atoms with Gasteiger partial charge in [-0.3, -0.25) is 28.8 Å². The summed E-state index contributed by atoms with van der Waals surface area (Å²) in [6.45, 7) is 0.807. The second-order valence-corrected chi connectivity index (χ2v) is 14.9. The van der Waals surface area contributed by atoms with E-state index in [0.29, 0.717) is 66.9 Å². The van der Waals surface area contributed by atoms with Crippen molar-refractivity contribution in [3.8, 4) is 11.3 Å². The Labute approximate surface area is 343 Å². The summed E-state index contributed by atoms with van der Waals surface area (Å²) in [6.07, 6.45) is 1.98. The fourth-order valence-corrected chi connectivity index (χ4v) is 8.17. The minimum atomic E-state index is -1.08. The average Bonchev–Trinajstić information content (AvgIpc) is 4.03. The Balaban J connectivity index is 0.00000585. The largest absolute Gasteiger partial charge is 0.481 e. The molecule has 1 aromatic heterocycles. The van der Waals surface area contributed by atoms with Crippen LogP contribution in [0.25, 0.3) is 22.3 Å². The maximum Gasteiger partial charge on any atom is 0.306 e. The van der Waals surface area contributed by atoms with Gasteiger partial charge in [0.05, 0.1) is 37.8 Å². The Kier molecular flexibility index (Phi) is 13.4. The molecule has 5 aromatic rings. The number of amides is 3. The average molecular weight is 800 g/mol. The quantitative estimate of drug-likeness (QED) is 0.109. The van der Waals surface area contributed by atoms with Crippen molar-refractivity contribution in [2.75, 3.05) is 25.5 Å². The number of methoxy groups -OCH3 is 1. The Morgan fingerprint density at radius 3 is 1.92 bits per heavy atom. The SMILES string of the molecule is C.COC(=O)C[C@@H](C(=O)N1CCC[C@H]1C(=O)Nc1ccc(-c2cc3cc(CC(=O)[C@@H]4CCCN4C(=O)[C@H](CC(=O)O)c4ccccc4)ccc3o2)cc1)c1ccccc1. The fraction of sp³-hybridized carbons (Fsp3) is 0.319. The molecular formula is C47H49N3O9. The molecule has 2 N–H and O–H groups in total. The number of hydrogen-bond donors (Lipinski definition) is 2. The zero-order valence-electron chi connectivity index (χ0n) is 32.2. The van der Waals surface area contributed by atoms with Crippen molar-refractivity contribution < 1.29 is 43.0 Å². The molecule has 59 heavy (non-hydrogen) atoms. The number of carboxylic acid groups (broad SMARTS) is 1. The number of carboxylic acids is 1. The zero-order valence-corrected chi connectivity index (χ0v) is 32.2. The van der Waals surface area contributed by atoms with Gasteiger partial charge in [0, 0.05) is 36.1 Å². The summed E-state index contributed by atoms with van der Waals surface area (Å²) in [4.78, 5) is 81.7. The number of benzene rings is 4. The molecule has 12 nitrogen and oxygen atoms in total. The highest BCUT2D eigenvalue weighted by Crippen LogP contribution is 2.33. The first kappa shape index (κ1) is 42.1. The summed E-state index contributed by atoms with van der Waals surface area (Å²) in [6, 6.07) is 31.2. The summed E-state index contributed by atoms with van der Waals surface area (Å²) in [7, 11) is 1.29. The van der Waals surface area contributed by atoms with Gasteiger partial charge in [-0.15, -0.1) is 0 Å². The molecule has 0 unspecified atom stereocenters. The third-order valence-corrected chi connectivity index (χ3v) is 11.1. The van der Waals surface area contributed by atoms with Crippen molar-refractivity contribution in [1.82, 2.24) is 9.80 Å². The van der Waals surface area contributed by atoms with Crippen LogP contribution in [0.3, 0.4) is 0 Å². The molecule has 12 heteroatoms. The van der Waals surface area contributed by atoms with Crippen LogP contribution >= 0.6 is 0 Å². The van der Waals surface area contributed by atoms with E-state index in [1.165, 1.54) is 7.11 Å². The van der Waals surface area contributed by atoms with Crippen molar-refractivity contribution in [2.45, 2.75) is 76.3 Å². The molecule has 2 aliphatic rings. The lowest BCUT2D eigenvalue weighted by molar-refractivity contribution is -0.145. The zero-order chi connectivity index (χ0) is 40.8. The van der Waals surface area contributed by atoms with Gasteiger partial charge in [0.15, 0.2) is 5.78 Å². The molecule has 2 fully saturated rings. The first-order chi connectivity index (χ1) is 28.1. The molecule has 4 aromatic carbocycles. The number of aliphatic carboxylic acids is 1. The Morgan fingerprint density at radius 1 is 0.746 bits per heavy atom. The third-order valence-electron chi connectivity index (χ3n) is 11.1. The van der Waals surface area contributed by atoms with Gasteiger partial charge in [-0.05, 0) is 84.8 Å². The number of furan rings is 1. The van der Waals surface area contributed by atoms with Crippen LogP contribution in [0, 0.1) is 0 Å². The fourth-order valence-electron chi connectivity index (χ4n) is 8.17. The molecule has 306 valence electrons. The van der Waals surface area contributed by atoms with Crippen molar-refractivity contribution in [2.24, 2.45) is 0 Å². The Hall–Kier alpha value is -6.56. The second kappa shape index (κ2) is 18.8. The highest BCUT2D eigenvalue weighted by atomic mass is 16.5. The van der Waals surface area contributed by atoms with Gasteiger partial charge in [0.1, 0.15) is 17.4 Å². The summed E-state index contributed by atoms with van der Waals surface area (Å²) < 4.78 is 11.0. The highest BCUT2D eigenvalue weighted by Gasteiger charge is 2.40. The van der Waals surface area contributed by atoms with E-state index in [-0.39, 0.29) is 50.2 Å². The molecule has 2 saturated heterocycles. The number of carbonyl (C=O) groups excluding carboxylic acids is 5. The molecule has 0 spiro atoms. The van der Waals surface area contributed by atoms with Crippen LogP contribution in [0.1, 0.15) is 74.5 Å². The molecule has 4 atom stereocenters. The number of nitrogens with zero attached hydrogens (tertiary/aromatic N) is 2. The Morgan fingerprint density at radius 2 is 1.32 bits per heavy atom. The standard InChI is InChI=1S/C46H45N3O9.CH4/c1-57-43(53)28-36(31-12-6-3-7-13-31)46(56)49-23-9-15-38(49)44(54)47-34-19-17-32(18-20-34)41-26-33-24-29(16-21-40(33)58-41)25-39(50)37-14-8-22-48(37)45(55)35(27-42(51)52)30-10-4-2-5-11-30;/h2-7,10-13,16-21,24,26,35-38H,8-9,14-15,22-23,25,27-28H2,1H3,(H,47,54)(H,51,52);1H4/t35-,36-,37+,38+;/m1./s1. The molecule has 2 aliphatic heterocycles. The van der Waals surface area contributed by atoms with E-state index in [1.54, 1.807) is 58.3 Å². The number of ether oxygens (including phenoxy) is 1. The predicted molar refractivity (Wildman–Crippen MR) is 222 cm³/mol. The molecule has 7 rings (SSSR count). The number of anilines is 1. The lowest BCUT2D eigenvalue weighted by atomic mass is 9.93. The van der Waals surface area contributed by atoms with Gasteiger partial charge in [0.2, 0.25) is 17.7 Å². The lowest BCUT2D eigenvalue weighted by Gasteiger charge is -2.28. The first-order valence-corrected chi connectivity index (χ1v) is 19.6. The summed E-state index contributed by atoms with van der Waals surface area (Å²) >= 11 is 0. The van der Waals surface area contributed by atoms with Gasteiger partial charge in [-0.25, -0.2) is 0 Å². The van der Waals surface area contributed by atoms with E-state index in [0.717, 1.165) is 16.5 Å². The van der Waals surface area contributed by atoms with E-state index < -0.39 is 35.9 Å². The van der Waals surface area contributed by atoms with Gasteiger partial charge in [-0.2, -0.15) is 0 Å². The first-order valence-electron chi connectivity index (χ1n) is 19.6. The molecule has 3 heterocycles. The summed E-state index contributed by atoms with van der Waals surface area (Å²) in [5.41, 5.74) is 4.03. The van der Waals surface area contributed by atoms with Crippen LogP contribution in [-0.2, 0) is 39.9 Å². The smallest absolute Gasteiger partial charge is 0.306 e. The topological polar surface area (TPSA) is 164 Å².